The number of hydrogen-bond acceptors (Lipinski definition) is 4. The number of hydrogen-bond donors (Lipinski definition) is 1. The molecule has 0 aliphatic carbocycles. The summed E-state index contributed by atoms with van der Waals surface area (Å²) in [4.78, 5) is 33.8. The van der Waals surface area contributed by atoms with E-state index in [1.165, 1.54) is 12.1 Å². The second-order valence-electron chi connectivity index (χ2n) is 4.20. The first-order valence-corrected chi connectivity index (χ1v) is 6.26. The highest BCUT2D eigenvalue weighted by Gasteiger charge is 2.11. The lowest BCUT2D eigenvalue weighted by Gasteiger charge is -2.05. The molecule has 2 aromatic carbocycles. The van der Waals surface area contributed by atoms with E-state index in [-0.39, 0.29) is 12.4 Å². The molecular weight excluding hydrogens is 270 g/mol. The third kappa shape index (κ3) is 4.01. The first kappa shape index (κ1) is 14.5. The Balaban J connectivity index is 1.92. The van der Waals surface area contributed by atoms with Crippen LogP contribution in [-0.4, -0.2) is 24.8 Å². The number of ether oxygens (including phenoxy) is 1. The minimum atomic E-state index is -0.586. The quantitative estimate of drug-likeness (QED) is 0.501. The van der Waals surface area contributed by atoms with Gasteiger partial charge in [0.2, 0.25) is 6.41 Å². The number of anilines is 1. The fourth-order valence-electron chi connectivity index (χ4n) is 1.69. The molecule has 1 amide bonds. The lowest BCUT2D eigenvalue weighted by Crippen LogP contribution is -2.14. The van der Waals surface area contributed by atoms with Gasteiger partial charge in [-0.25, -0.2) is 4.79 Å². The van der Waals surface area contributed by atoms with Gasteiger partial charge in [-0.05, 0) is 24.3 Å². The molecule has 0 atom stereocenters. The van der Waals surface area contributed by atoms with E-state index >= 15 is 0 Å². The van der Waals surface area contributed by atoms with Crippen LogP contribution in [-0.2, 0) is 9.53 Å². The normalized spacial score (nSPS) is 9.71. The van der Waals surface area contributed by atoms with Gasteiger partial charge in [0.05, 0.1) is 5.56 Å². The van der Waals surface area contributed by atoms with Crippen LogP contribution in [0.1, 0.15) is 20.7 Å². The topological polar surface area (TPSA) is 72.5 Å². The Hall–Kier alpha value is -2.95. The van der Waals surface area contributed by atoms with E-state index in [1.54, 1.807) is 42.5 Å². The first-order valence-electron chi connectivity index (χ1n) is 6.26. The van der Waals surface area contributed by atoms with E-state index in [0.29, 0.717) is 23.2 Å². The Bertz CT molecular complexity index is 635. The van der Waals surface area contributed by atoms with Crippen LogP contribution in [0.2, 0.25) is 0 Å². The summed E-state index contributed by atoms with van der Waals surface area (Å²) in [6.07, 6.45) is 0.547. The maximum atomic E-state index is 11.8. The number of ketones is 1. The lowest BCUT2D eigenvalue weighted by atomic mass is 10.1. The van der Waals surface area contributed by atoms with E-state index in [2.05, 4.69) is 5.32 Å². The van der Waals surface area contributed by atoms with Crippen molar-refractivity contribution in [1.29, 1.82) is 0 Å². The molecule has 0 fully saturated rings. The van der Waals surface area contributed by atoms with Crippen LogP contribution >= 0.6 is 0 Å². The van der Waals surface area contributed by atoms with Gasteiger partial charge < -0.3 is 10.1 Å². The van der Waals surface area contributed by atoms with E-state index in [1.807, 2.05) is 0 Å². The number of esters is 1. The van der Waals surface area contributed by atoms with Gasteiger partial charge in [0.15, 0.2) is 12.4 Å². The second-order valence-corrected chi connectivity index (χ2v) is 4.20. The highest BCUT2D eigenvalue weighted by atomic mass is 16.5. The zero-order valence-corrected chi connectivity index (χ0v) is 11.1. The van der Waals surface area contributed by atoms with Crippen LogP contribution in [0.15, 0.2) is 54.6 Å². The molecule has 0 radical (unpaired) electrons. The van der Waals surface area contributed by atoms with Gasteiger partial charge in [-0.2, -0.15) is 0 Å². The van der Waals surface area contributed by atoms with Crippen molar-refractivity contribution in [3.8, 4) is 0 Å². The van der Waals surface area contributed by atoms with Crippen LogP contribution < -0.4 is 5.32 Å². The smallest absolute Gasteiger partial charge is 0.338 e. The molecule has 0 unspecified atom stereocenters. The van der Waals surface area contributed by atoms with Gasteiger partial charge in [0.1, 0.15) is 0 Å². The Morgan fingerprint density at radius 1 is 0.952 bits per heavy atom. The number of Topliss-reactive ketones (excluding diaryl/α,β-unsaturated/α-hetero) is 1. The molecule has 0 aromatic heterocycles. The Kier molecular flexibility index (Phi) is 4.82. The Labute approximate surface area is 121 Å². The van der Waals surface area contributed by atoms with Gasteiger partial charge in [-0.1, -0.05) is 30.3 Å². The molecule has 1 N–H and O–H groups in total. The Morgan fingerprint density at radius 3 is 2.24 bits per heavy atom. The van der Waals surface area contributed by atoms with Crippen molar-refractivity contribution in [3.63, 3.8) is 0 Å². The van der Waals surface area contributed by atoms with Crippen molar-refractivity contribution < 1.29 is 19.1 Å². The summed E-state index contributed by atoms with van der Waals surface area (Å²) >= 11 is 0. The minimum Gasteiger partial charge on any atom is -0.454 e. The van der Waals surface area contributed by atoms with Crippen LogP contribution in [0.3, 0.4) is 0 Å². The molecule has 5 nitrogen and oxygen atoms in total. The third-order valence-corrected chi connectivity index (χ3v) is 2.78. The summed E-state index contributed by atoms with van der Waals surface area (Å²) in [5, 5.41) is 2.46. The predicted octanol–water partition coefficient (Wildman–Crippen LogP) is 2.29. The Morgan fingerprint density at radius 2 is 1.62 bits per heavy atom. The molecule has 0 heterocycles. The summed E-state index contributed by atoms with van der Waals surface area (Å²) < 4.78 is 4.97. The number of carbonyl (C=O) groups is 3. The van der Waals surface area contributed by atoms with Gasteiger partial charge in [-0.3, -0.25) is 9.59 Å². The van der Waals surface area contributed by atoms with Crippen molar-refractivity contribution in [2.24, 2.45) is 0 Å². The fraction of sp³-hybridized carbons (Fsp3) is 0.0625. The second kappa shape index (κ2) is 7.00. The highest BCUT2D eigenvalue weighted by molar-refractivity contribution is 5.99. The standard InChI is InChI=1S/C16H13NO4/c18-11-17-14-8-6-13(7-9-14)16(20)21-10-15(19)12-4-2-1-3-5-12/h1-9,11H,10H2,(H,17,18). The summed E-state index contributed by atoms with van der Waals surface area (Å²) in [7, 11) is 0. The number of amides is 1. The van der Waals surface area contributed by atoms with Crippen LogP contribution in [0.4, 0.5) is 5.69 Å². The largest absolute Gasteiger partial charge is 0.454 e. The van der Waals surface area contributed by atoms with E-state index in [0.717, 1.165) is 0 Å². The number of rotatable bonds is 6. The summed E-state index contributed by atoms with van der Waals surface area (Å²) in [5.41, 5.74) is 1.38. The van der Waals surface area contributed by atoms with Gasteiger partial charge in [0.25, 0.3) is 0 Å². The number of carbonyl (C=O) groups excluding carboxylic acids is 3. The molecule has 0 saturated carbocycles. The lowest BCUT2D eigenvalue weighted by molar-refractivity contribution is -0.105. The van der Waals surface area contributed by atoms with Crippen molar-refractivity contribution >= 4 is 23.9 Å². The maximum Gasteiger partial charge on any atom is 0.338 e. The van der Waals surface area contributed by atoms with E-state index in [4.69, 9.17) is 4.74 Å². The molecule has 5 heteroatoms. The first-order chi connectivity index (χ1) is 10.2. The van der Waals surface area contributed by atoms with Crippen LogP contribution in [0.5, 0.6) is 0 Å². The molecule has 2 aromatic rings. The molecule has 0 saturated heterocycles. The average molecular weight is 283 g/mol. The predicted molar refractivity (Wildman–Crippen MR) is 77.2 cm³/mol. The number of nitrogens with one attached hydrogen (secondary N) is 1. The molecule has 0 spiro atoms. The molecule has 21 heavy (non-hydrogen) atoms. The van der Waals surface area contributed by atoms with E-state index in [9.17, 15) is 14.4 Å². The molecule has 0 aliphatic rings. The average Bonchev–Trinajstić information content (AvgIpc) is 2.54. The summed E-state index contributed by atoms with van der Waals surface area (Å²) in [6, 6.07) is 14.8. The monoisotopic (exact) mass is 283 g/mol. The van der Waals surface area contributed by atoms with Crippen molar-refractivity contribution in [2.75, 3.05) is 11.9 Å². The van der Waals surface area contributed by atoms with Gasteiger partial charge in [-0.15, -0.1) is 0 Å². The van der Waals surface area contributed by atoms with Crippen LogP contribution in [0, 0.1) is 0 Å². The zero-order valence-electron chi connectivity index (χ0n) is 11.1. The van der Waals surface area contributed by atoms with Crippen molar-refractivity contribution in [1.82, 2.24) is 0 Å². The van der Waals surface area contributed by atoms with Crippen LogP contribution in [0.25, 0.3) is 0 Å². The molecule has 0 bridgehead atoms. The van der Waals surface area contributed by atoms with Gasteiger partial charge in [0, 0.05) is 11.3 Å². The maximum absolute atomic E-state index is 11.8. The molecular formula is C16H13NO4. The van der Waals surface area contributed by atoms with Crippen molar-refractivity contribution in [2.45, 2.75) is 0 Å². The van der Waals surface area contributed by atoms with Gasteiger partial charge >= 0.3 is 5.97 Å². The van der Waals surface area contributed by atoms with Crippen molar-refractivity contribution in [3.05, 3.63) is 65.7 Å². The minimum absolute atomic E-state index is 0.261. The fourth-order valence-corrected chi connectivity index (χ4v) is 1.69. The van der Waals surface area contributed by atoms with E-state index < -0.39 is 5.97 Å². The molecule has 106 valence electrons. The molecule has 0 aliphatic heterocycles. The highest BCUT2D eigenvalue weighted by Crippen LogP contribution is 2.10. The molecule has 2 rings (SSSR count). The SMILES string of the molecule is O=CNc1ccc(C(=O)OCC(=O)c2ccccc2)cc1. The summed E-state index contributed by atoms with van der Waals surface area (Å²) in [5.74, 6) is -0.847. The zero-order chi connectivity index (χ0) is 15.1. The summed E-state index contributed by atoms with van der Waals surface area (Å²) in [6.45, 7) is -0.308. The third-order valence-electron chi connectivity index (χ3n) is 2.78. The number of benzene rings is 2.